The standard InChI is InChI=1S/C58H110O6/c1-4-7-10-13-16-18-20-22-24-26-28-29-31-32-34-36-38-40-42-45-48-51-57(60)63-54-55(53-62-56(59)50-47-44-15-12-9-6-3)64-58(61)52-49-46-43-41-39-37-35-33-30-27-25-23-21-19-17-14-11-8-5-2/h26,28,55H,4-25,27,29-54H2,1-3H3/b28-26-. The summed E-state index contributed by atoms with van der Waals surface area (Å²) in [6.45, 7) is 6.63. The van der Waals surface area contributed by atoms with Crippen LogP contribution in [-0.2, 0) is 28.6 Å². The van der Waals surface area contributed by atoms with Crippen LogP contribution in [0.3, 0.4) is 0 Å². The van der Waals surface area contributed by atoms with E-state index >= 15 is 0 Å². The second-order valence-corrected chi connectivity index (χ2v) is 19.6. The summed E-state index contributed by atoms with van der Waals surface area (Å²) in [5, 5.41) is 0. The lowest BCUT2D eigenvalue weighted by molar-refractivity contribution is -0.167. The van der Waals surface area contributed by atoms with Gasteiger partial charge in [-0.05, 0) is 44.9 Å². The number of esters is 3. The molecule has 0 radical (unpaired) electrons. The molecule has 0 fully saturated rings. The van der Waals surface area contributed by atoms with Crippen LogP contribution < -0.4 is 0 Å². The minimum Gasteiger partial charge on any atom is -0.462 e. The molecule has 1 unspecified atom stereocenters. The van der Waals surface area contributed by atoms with E-state index in [0.717, 1.165) is 57.8 Å². The molecule has 0 bridgehead atoms. The Morgan fingerprint density at radius 3 is 0.781 bits per heavy atom. The summed E-state index contributed by atoms with van der Waals surface area (Å²) < 4.78 is 16.8. The van der Waals surface area contributed by atoms with Crippen molar-refractivity contribution in [2.45, 2.75) is 329 Å². The van der Waals surface area contributed by atoms with Gasteiger partial charge in [-0.3, -0.25) is 14.4 Å². The molecule has 0 saturated carbocycles. The second-order valence-electron chi connectivity index (χ2n) is 19.6. The molecule has 0 aromatic carbocycles. The van der Waals surface area contributed by atoms with Gasteiger partial charge in [0, 0.05) is 19.3 Å². The lowest BCUT2D eigenvalue weighted by Crippen LogP contribution is -2.30. The van der Waals surface area contributed by atoms with Crippen molar-refractivity contribution in [1.82, 2.24) is 0 Å². The van der Waals surface area contributed by atoms with E-state index in [9.17, 15) is 14.4 Å². The fourth-order valence-corrected chi connectivity index (χ4v) is 8.68. The molecule has 64 heavy (non-hydrogen) atoms. The van der Waals surface area contributed by atoms with Crippen LogP contribution in [0.15, 0.2) is 12.2 Å². The summed E-state index contributed by atoms with van der Waals surface area (Å²) in [6.07, 6.45) is 60.9. The molecule has 0 heterocycles. The number of ether oxygens (including phenoxy) is 3. The number of hydrogen-bond donors (Lipinski definition) is 0. The van der Waals surface area contributed by atoms with Crippen molar-refractivity contribution in [1.29, 1.82) is 0 Å². The number of hydrogen-bond acceptors (Lipinski definition) is 6. The van der Waals surface area contributed by atoms with Crippen LogP contribution in [0.2, 0.25) is 0 Å². The zero-order valence-electron chi connectivity index (χ0n) is 43.3. The molecule has 0 aliphatic carbocycles. The maximum Gasteiger partial charge on any atom is 0.306 e. The fraction of sp³-hybridized carbons (Fsp3) is 0.914. The maximum atomic E-state index is 12.8. The first-order valence-electron chi connectivity index (χ1n) is 28.7. The fourth-order valence-electron chi connectivity index (χ4n) is 8.68. The summed E-state index contributed by atoms with van der Waals surface area (Å²) in [6, 6.07) is 0. The quantitative estimate of drug-likeness (QED) is 0.0262. The molecule has 0 aromatic rings. The van der Waals surface area contributed by atoms with Crippen molar-refractivity contribution >= 4 is 17.9 Å². The third-order valence-corrected chi connectivity index (χ3v) is 13.0. The second kappa shape index (κ2) is 53.8. The largest absolute Gasteiger partial charge is 0.462 e. The molecule has 0 saturated heterocycles. The number of carbonyl (C=O) groups is 3. The van der Waals surface area contributed by atoms with Crippen LogP contribution in [-0.4, -0.2) is 37.2 Å². The van der Waals surface area contributed by atoms with Gasteiger partial charge in [0.1, 0.15) is 13.2 Å². The lowest BCUT2D eigenvalue weighted by atomic mass is 10.0. The molecule has 0 rings (SSSR count). The molecule has 0 spiro atoms. The van der Waals surface area contributed by atoms with Gasteiger partial charge in [-0.2, -0.15) is 0 Å². The van der Waals surface area contributed by atoms with E-state index in [-0.39, 0.29) is 31.1 Å². The Morgan fingerprint density at radius 1 is 0.297 bits per heavy atom. The van der Waals surface area contributed by atoms with Crippen LogP contribution in [0.5, 0.6) is 0 Å². The Labute approximate surface area is 399 Å². The molecule has 0 aromatic heterocycles. The van der Waals surface area contributed by atoms with E-state index in [1.54, 1.807) is 0 Å². The predicted molar refractivity (Wildman–Crippen MR) is 275 cm³/mol. The van der Waals surface area contributed by atoms with Crippen LogP contribution >= 0.6 is 0 Å². The highest BCUT2D eigenvalue weighted by Gasteiger charge is 2.19. The van der Waals surface area contributed by atoms with E-state index in [1.165, 1.54) is 225 Å². The van der Waals surface area contributed by atoms with Gasteiger partial charge in [-0.15, -0.1) is 0 Å². The molecule has 0 amide bonds. The summed E-state index contributed by atoms with van der Waals surface area (Å²) in [5.41, 5.74) is 0. The van der Waals surface area contributed by atoms with Gasteiger partial charge in [-0.1, -0.05) is 270 Å². The van der Waals surface area contributed by atoms with Gasteiger partial charge in [0.2, 0.25) is 0 Å². The van der Waals surface area contributed by atoms with Crippen molar-refractivity contribution in [3.63, 3.8) is 0 Å². The molecule has 1 atom stereocenters. The summed E-state index contributed by atoms with van der Waals surface area (Å²) in [5.74, 6) is -0.857. The first-order chi connectivity index (χ1) is 31.5. The Kier molecular flexibility index (Phi) is 52.2. The van der Waals surface area contributed by atoms with Gasteiger partial charge in [0.05, 0.1) is 0 Å². The molecule has 6 heteroatoms. The number of unbranched alkanes of at least 4 members (excludes halogenated alkanes) is 40. The normalized spacial score (nSPS) is 12.0. The van der Waals surface area contributed by atoms with E-state index in [4.69, 9.17) is 14.2 Å². The zero-order valence-corrected chi connectivity index (χ0v) is 43.3. The Morgan fingerprint density at radius 2 is 0.516 bits per heavy atom. The third kappa shape index (κ3) is 51.1. The van der Waals surface area contributed by atoms with Gasteiger partial charge in [0.25, 0.3) is 0 Å². The van der Waals surface area contributed by atoms with Gasteiger partial charge >= 0.3 is 17.9 Å². The molecular weight excluding hydrogens is 793 g/mol. The van der Waals surface area contributed by atoms with Gasteiger partial charge in [0.15, 0.2) is 6.10 Å². The molecule has 378 valence electrons. The smallest absolute Gasteiger partial charge is 0.306 e. The van der Waals surface area contributed by atoms with Crippen molar-refractivity contribution in [3.05, 3.63) is 12.2 Å². The van der Waals surface area contributed by atoms with E-state index in [0.29, 0.717) is 19.3 Å². The van der Waals surface area contributed by atoms with Gasteiger partial charge < -0.3 is 14.2 Å². The highest BCUT2D eigenvalue weighted by molar-refractivity contribution is 5.71. The summed E-state index contributed by atoms with van der Waals surface area (Å²) in [4.78, 5) is 37.9. The van der Waals surface area contributed by atoms with E-state index in [1.807, 2.05) is 0 Å². The topological polar surface area (TPSA) is 78.9 Å². The average Bonchev–Trinajstić information content (AvgIpc) is 3.29. The maximum absolute atomic E-state index is 12.8. The third-order valence-electron chi connectivity index (χ3n) is 13.0. The molecule has 0 aliphatic heterocycles. The minimum absolute atomic E-state index is 0.0664. The first kappa shape index (κ1) is 62.1. The van der Waals surface area contributed by atoms with Crippen LogP contribution in [0.25, 0.3) is 0 Å². The molecule has 6 nitrogen and oxygen atoms in total. The van der Waals surface area contributed by atoms with Crippen LogP contribution in [0.1, 0.15) is 323 Å². The van der Waals surface area contributed by atoms with Crippen molar-refractivity contribution in [3.8, 4) is 0 Å². The Balaban J connectivity index is 4.10. The minimum atomic E-state index is -0.763. The van der Waals surface area contributed by atoms with E-state index < -0.39 is 6.10 Å². The lowest BCUT2D eigenvalue weighted by Gasteiger charge is -2.18. The van der Waals surface area contributed by atoms with Gasteiger partial charge in [-0.25, -0.2) is 0 Å². The highest BCUT2D eigenvalue weighted by atomic mass is 16.6. The Bertz CT molecular complexity index is 993. The van der Waals surface area contributed by atoms with E-state index in [2.05, 4.69) is 32.9 Å². The number of carbonyl (C=O) groups excluding carboxylic acids is 3. The number of allylic oxidation sites excluding steroid dienone is 2. The van der Waals surface area contributed by atoms with Crippen molar-refractivity contribution in [2.24, 2.45) is 0 Å². The summed E-state index contributed by atoms with van der Waals surface area (Å²) in [7, 11) is 0. The molecule has 0 N–H and O–H groups in total. The van der Waals surface area contributed by atoms with Crippen molar-refractivity contribution in [2.75, 3.05) is 13.2 Å². The predicted octanol–water partition coefficient (Wildman–Crippen LogP) is 18.9. The first-order valence-corrected chi connectivity index (χ1v) is 28.7. The average molecular weight is 904 g/mol. The van der Waals surface area contributed by atoms with Crippen LogP contribution in [0, 0.1) is 0 Å². The van der Waals surface area contributed by atoms with Crippen molar-refractivity contribution < 1.29 is 28.6 Å². The Hall–Kier alpha value is -1.85. The SMILES string of the molecule is CCCCCCCCCC/C=C\CCCCCCCCCCCC(=O)OCC(COC(=O)CCCCCCCC)OC(=O)CCCCCCCCCCCCCCCCCCCCC. The molecular formula is C58H110O6. The highest BCUT2D eigenvalue weighted by Crippen LogP contribution is 2.17. The summed E-state index contributed by atoms with van der Waals surface area (Å²) >= 11 is 0. The monoisotopic (exact) mass is 903 g/mol. The zero-order chi connectivity index (χ0) is 46.5. The number of rotatable bonds is 53. The molecule has 0 aliphatic rings. The van der Waals surface area contributed by atoms with Crippen LogP contribution in [0.4, 0.5) is 0 Å².